The maximum Gasteiger partial charge on any atom is 0.416 e. The lowest BCUT2D eigenvalue weighted by Crippen LogP contribution is -2.42. The first-order valence-corrected chi connectivity index (χ1v) is 17.7. The average molecular weight is 757 g/mol. The molecule has 3 aromatic carbocycles. The second-order valence-electron chi connectivity index (χ2n) is 12.4. The normalized spacial score (nSPS) is 27.1. The molecule has 2 N–H and O–H groups in total. The zero-order valence-electron chi connectivity index (χ0n) is 24.7. The van der Waals surface area contributed by atoms with Gasteiger partial charge in [-0.2, -0.15) is 13.2 Å². The summed E-state index contributed by atoms with van der Waals surface area (Å²) < 4.78 is 46.4. The molecule has 3 fully saturated rings. The fraction of sp³-hybridized carbons (Fsp3) is 0.294. The number of anilines is 2. The van der Waals surface area contributed by atoms with Crippen LogP contribution in [0.15, 0.2) is 87.1 Å². The number of hydrogen-bond acceptors (Lipinski definition) is 7. The Morgan fingerprint density at radius 2 is 1.71 bits per heavy atom. The minimum absolute atomic E-state index is 0.00917. The number of carbonyl (C=O) groups excluding carboxylic acids is 3. The van der Waals surface area contributed by atoms with Crippen molar-refractivity contribution in [3.8, 4) is 5.75 Å². The van der Waals surface area contributed by atoms with Gasteiger partial charge in [-0.15, -0.1) is 11.8 Å². The smallest absolute Gasteiger partial charge is 0.416 e. The molecule has 2 saturated carbocycles. The summed E-state index contributed by atoms with van der Waals surface area (Å²) in [6.07, 6.45) is -3.84. The third-order valence-electron chi connectivity index (χ3n) is 9.90. The summed E-state index contributed by atoms with van der Waals surface area (Å²) in [5.74, 6) is -2.20. The second kappa shape index (κ2) is 11.6. The molecule has 0 radical (unpaired) electrons. The van der Waals surface area contributed by atoms with Crippen LogP contribution in [0.4, 0.5) is 24.5 Å². The molecule has 3 heterocycles. The number of rotatable bonds is 6. The molecule has 3 amide bonds. The Labute approximate surface area is 288 Å². The predicted octanol–water partition coefficient (Wildman–Crippen LogP) is 6.91. The molecule has 4 aliphatic rings. The van der Waals surface area contributed by atoms with Crippen molar-refractivity contribution in [2.24, 2.45) is 29.6 Å². The van der Waals surface area contributed by atoms with Gasteiger partial charge < -0.3 is 15.0 Å². The molecule has 8 rings (SSSR count). The molecule has 1 saturated heterocycles. The number of alkyl halides is 3. The fourth-order valence-electron chi connectivity index (χ4n) is 8.19. The number of benzene rings is 3. The van der Waals surface area contributed by atoms with Gasteiger partial charge in [-0.05, 0) is 72.7 Å². The zero-order chi connectivity index (χ0) is 33.5. The lowest BCUT2D eigenvalue weighted by molar-refractivity contribution is -0.137. The first-order valence-electron chi connectivity index (χ1n) is 15.2. The first-order chi connectivity index (χ1) is 23.0. The molecular weight excluding hydrogens is 731 g/mol. The maximum atomic E-state index is 14.0. The molecule has 7 atom stereocenters. The van der Waals surface area contributed by atoms with E-state index in [1.165, 1.54) is 17.0 Å². The maximum absolute atomic E-state index is 14.0. The number of amides is 3. The Balaban J connectivity index is 1.09. The van der Waals surface area contributed by atoms with Crippen LogP contribution in [0.25, 0.3) is 0 Å². The van der Waals surface area contributed by atoms with E-state index in [1.807, 2.05) is 12.1 Å². The monoisotopic (exact) mass is 755 g/mol. The minimum atomic E-state index is -4.55. The van der Waals surface area contributed by atoms with Gasteiger partial charge in [-0.3, -0.25) is 24.1 Å². The van der Waals surface area contributed by atoms with Crippen molar-refractivity contribution in [1.29, 1.82) is 0 Å². The van der Waals surface area contributed by atoms with Gasteiger partial charge in [0.15, 0.2) is 6.61 Å². The molecule has 4 aromatic rings. The number of nitrogens with one attached hydrogen (secondary N) is 2. The highest BCUT2D eigenvalue weighted by atomic mass is 79.9. The van der Waals surface area contributed by atoms with E-state index in [9.17, 15) is 32.3 Å². The largest absolute Gasteiger partial charge is 0.483 e. The average Bonchev–Trinajstić information content (AvgIpc) is 3.79. The third-order valence-corrected chi connectivity index (χ3v) is 13.0. The number of aromatic nitrogens is 1. The van der Waals surface area contributed by atoms with E-state index in [0.717, 1.165) is 43.4 Å². The Morgan fingerprint density at radius 1 is 0.979 bits per heavy atom. The standard InChI is InChI=1S/C34H25BrF3N3O5S2/c35-16-8-10-18(11-9-16)41-31(43)26-20-13-21(27(26)32(41)44)28-25(20)24(29-30(47-28)40-33(45)48-29)19-6-1-2-7-22(19)46-14-23(42)39-17-5-3-4-15(12-17)34(36,37)38/h1-12,20-21,24-28H,13-14H2,(H,39,42)(H,40,45)/t20?,21?,24-,25?,26?,27?,28?/m1/s1. The number of nitrogens with zero attached hydrogens (tertiary/aromatic N) is 1. The van der Waals surface area contributed by atoms with Crippen molar-refractivity contribution in [3.05, 3.63) is 103 Å². The SMILES string of the molecule is O=C(COc1ccccc1[C@H]1c2sc(=O)[nH]c2SC2C3CC(C4C(=O)N(c5ccc(Br)cc5)C(=O)C34)C21)Nc1cccc(C(F)(F)F)c1. The van der Waals surface area contributed by atoms with Crippen LogP contribution < -0.4 is 19.8 Å². The molecule has 2 aliphatic heterocycles. The van der Waals surface area contributed by atoms with Gasteiger partial charge in [0.2, 0.25) is 11.8 Å². The zero-order valence-corrected chi connectivity index (χ0v) is 27.9. The number of thioether (sulfide) groups is 1. The van der Waals surface area contributed by atoms with Crippen molar-refractivity contribution in [3.63, 3.8) is 0 Å². The van der Waals surface area contributed by atoms with Crippen molar-refractivity contribution >= 4 is 68.1 Å². The van der Waals surface area contributed by atoms with E-state index in [1.54, 1.807) is 48.2 Å². The summed E-state index contributed by atoms with van der Waals surface area (Å²) in [5, 5.41) is 3.16. The van der Waals surface area contributed by atoms with Gasteiger partial charge in [0.05, 0.1) is 28.1 Å². The number of halogens is 4. The molecule has 2 bridgehead atoms. The van der Waals surface area contributed by atoms with Gasteiger partial charge in [0.1, 0.15) is 5.75 Å². The molecule has 2 aliphatic carbocycles. The number of para-hydroxylation sites is 1. The summed E-state index contributed by atoms with van der Waals surface area (Å²) in [6.45, 7) is -0.467. The second-order valence-corrected chi connectivity index (χ2v) is 15.5. The van der Waals surface area contributed by atoms with Crippen LogP contribution in [0.1, 0.15) is 28.3 Å². The molecule has 48 heavy (non-hydrogen) atoms. The highest BCUT2D eigenvalue weighted by Crippen LogP contribution is 2.69. The van der Waals surface area contributed by atoms with Crippen molar-refractivity contribution < 1.29 is 32.3 Å². The van der Waals surface area contributed by atoms with E-state index in [2.05, 4.69) is 26.2 Å². The Hall–Kier alpha value is -3.88. The molecule has 14 heteroatoms. The van der Waals surface area contributed by atoms with Crippen LogP contribution >= 0.6 is 39.0 Å². The first kappa shape index (κ1) is 31.4. The lowest BCUT2D eigenvalue weighted by Gasteiger charge is -2.43. The van der Waals surface area contributed by atoms with E-state index in [4.69, 9.17) is 4.74 Å². The number of carbonyl (C=O) groups is 3. The number of aromatic amines is 1. The minimum Gasteiger partial charge on any atom is -0.483 e. The van der Waals surface area contributed by atoms with Gasteiger partial charge in [-0.1, -0.05) is 51.5 Å². The van der Waals surface area contributed by atoms with Crippen LogP contribution in [0.2, 0.25) is 0 Å². The van der Waals surface area contributed by atoms with Crippen molar-refractivity contribution in [1.82, 2.24) is 4.98 Å². The van der Waals surface area contributed by atoms with Crippen LogP contribution in [-0.2, 0) is 20.6 Å². The summed E-state index contributed by atoms with van der Waals surface area (Å²) in [7, 11) is 0. The van der Waals surface area contributed by atoms with Gasteiger partial charge in [-0.25, -0.2) is 0 Å². The van der Waals surface area contributed by atoms with E-state index in [0.29, 0.717) is 17.9 Å². The van der Waals surface area contributed by atoms with Crippen molar-refractivity contribution in [2.75, 3.05) is 16.8 Å². The van der Waals surface area contributed by atoms with E-state index in [-0.39, 0.29) is 51.3 Å². The van der Waals surface area contributed by atoms with Crippen molar-refractivity contribution in [2.45, 2.75) is 28.8 Å². The number of imide groups is 1. The van der Waals surface area contributed by atoms with E-state index < -0.39 is 36.1 Å². The summed E-state index contributed by atoms with van der Waals surface area (Å²) in [5.41, 5.74) is 0.389. The Kier molecular flexibility index (Phi) is 7.60. The van der Waals surface area contributed by atoms with Gasteiger partial charge in [0, 0.05) is 31.8 Å². The van der Waals surface area contributed by atoms with Crippen LogP contribution in [-0.4, -0.2) is 34.6 Å². The molecule has 8 nitrogen and oxygen atoms in total. The summed E-state index contributed by atoms with van der Waals surface area (Å²) in [6, 6.07) is 18.7. The number of hydrogen-bond donors (Lipinski definition) is 2. The van der Waals surface area contributed by atoms with Gasteiger partial charge >= 0.3 is 11.0 Å². The number of thiazole rings is 1. The molecule has 1 aromatic heterocycles. The molecule has 246 valence electrons. The molecule has 6 unspecified atom stereocenters. The predicted molar refractivity (Wildman–Crippen MR) is 177 cm³/mol. The Morgan fingerprint density at radius 3 is 2.46 bits per heavy atom. The lowest BCUT2D eigenvalue weighted by atomic mass is 9.68. The Bertz CT molecular complexity index is 2030. The molecular formula is C34H25BrF3N3O5S2. The number of ether oxygens (including phenoxy) is 1. The quantitative estimate of drug-likeness (QED) is 0.207. The number of H-pyrrole nitrogens is 1. The summed E-state index contributed by atoms with van der Waals surface area (Å²) in [4.78, 5) is 58.3. The molecule has 0 spiro atoms. The third kappa shape index (κ3) is 5.10. The highest BCUT2D eigenvalue weighted by molar-refractivity contribution is 9.10. The van der Waals surface area contributed by atoms with Crippen LogP contribution in [0.5, 0.6) is 5.75 Å². The van der Waals surface area contributed by atoms with E-state index >= 15 is 0 Å². The van der Waals surface area contributed by atoms with Gasteiger partial charge in [0.25, 0.3) is 5.91 Å². The summed E-state index contributed by atoms with van der Waals surface area (Å²) >= 11 is 6.09. The van der Waals surface area contributed by atoms with Crippen LogP contribution in [0, 0.1) is 29.6 Å². The van der Waals surface area contributed by atoms with Crippen LogP contribution in [0.3, 0.4) is 0 Å². The topological polar surface area (TPSA) is 109 Å². The number of fused-ring (bicyclic) bond motifs is 9. The fourth-order valence-corrected chi connectivity index (χ4v) is 11.3. The highest BCUT2D eigenvalue weighted by Gasteiger charge is 2.69.